The number of carbonyl (C=O) groups is 2. The Morgan fingerprint density at radius 1 is 1.13 bits per heavy atom. The normalized spacial score (nSPS) is 26.3. The van der Waals surface area contributed by atoms with Gasteiger partial charge in [-0.1, -0.05) is 69.1 Å². The molecule has 1 aliphatic heterocycles. The van der Waals surface area contributed by atoms with Crippen molar-refractivity contribution in [3.63, 3.8) is 0 Å². The van der Waals surface area contributed by atoms with Crippen molar-refractivity contribution in [2.45, 2.75) is 58.6 Å². The molecule has 4 nitrogen and oxygen atoms in total. The van der Waals surface area contributed by atoms with Gasteiger partial charge in [0, 0.05) is 17.0 Å². The van der Waals surface area contributed by atoms with Gasteiger partial charge in [-0.3, -0.25) is 9.59 Å². The van der Waals surface area contributed by atoms with Crippen LogP contribution in [0.5, 0.6) is 0 Å². The summed E-state index contributed by atoms with van der Waals surface area (Å²) in [5.41, 5.74) is 0.371. The van der Waals surface area contributed by atoms with Crippen LogP contribution in [0, 0.1) is 17.3 Å². The van der Waals surface area contributed by atoms with E-state index in [1.807, 2.05) is 30.3 Å². The van der Waals surface area contributed by atoms with E-state index in [1.54, 1.807) is 23.1 Å². The number of hydrogen-bond donors (Lipinski definition) is 1. The second kappa shape index (κ2) is 8.07. The number of ketones is 1. The Bertz CT molecular complexity index is 1000. The van der Waals surface area contributed by atoms with Gasteiger partial charge in [-0.25, -0.2) is 0 Å². The molecule has 1 amide bonds. The zero-order valence-corrected chi connectivity index (χ0v) is 19.2. The molecule has 1 heterocycles. The lowest BCUT2D eigenvalue weighted by molar-refractivity contribution is -0.155. The van der Waals surface area contributed by atoms with E-state index in [1.165, 1.54) is 0 Å². The summed E-state index contributed by atoms with van der Waals surface area (Å²) in [5.74, 6) is -0.852. The van der Waals surface area contributed by atoms with Gasteiger partial charge in [0.1, 0.15) is 5.78 Å². The molecule has 2 aliphatic rings. The van der Waals surface area contributed by atoms with Crippen LogP contribution in [0.1, 0.15) is 57.6 Å². The van der Waals surface area contributed by atoms with Crippen molar-refractivity contribution in [2.24, 2.45) is 17.3 Å². The van der Waals surface area contributed by atoms with Crippen molar-refractivity contribution in [1.82, 2.24) is 0 Å². The molecule has 1 fully saturated rings. The summed E-state index contributed by atoms with van der Waals surface area (Å²) < 4.78 is 0. The fourth-order valence-electron chi connectivity index (χ4n) is 5.15. The zero-order valence-electron chi connectivity index (χ0n) is 18.4. The molecular weight excluding hydrogens is 410 g/mol. The number of nitrogens with zero attached hydrogens (tertiary/aromatic N) is 1. The molecule has 0 bridgehead atoms. The minimum atomic E-state index is -1.82. The number of carbonyl (C=O) groups excluding carboxylic acids is 2. The van der Waals surface area contributed by atoms with Gasteiger partial charge in [0.2, 0.25) is 0 Å². The second-order valence-corrected chi connectivity index (χ2v) is 10.1. The van der Waals surface area contributed by atoms with Crippen LogP contribution in [0.2, 0.25) is 5.02 Å². The molecular formula is C26H30ClNO3. The van der Waals surface area contributed by atoms with Gasteiger partial charge in [-0.2, -0.15) is 0 Å². The first-order valence-electron chi connectivity index (χ1n) is 11.1. The Balaban J connectivity index is 1.72. The lowest BCUT2D eigenvalue weighted by atomic mass is 9.62. The van der Waals surface area contributed by atoms with Crippen LogP contribution in [0.25, 0.3) is 0 Å². The first-order valence-corrected chi connectivity index (χ1v) is 11.5. The largest absolute Gasteiger partial charge is 0.375 e. The highest BCUT2D eigenvalue weighted by molar-refractivity contribution is 6.30. The summed E-state index contributed by atoms with van der Waals surface area (Å²) in [4.78, 5) is 28.4. The number of Topliss-reactive ketones (excluding diaryl/α,β-unsaturated/α-hetero) is 1. The summed E-state index contributed by atoms with van der Waals surface area (Å²) in [6, 6.07) is 14.7. The Labute approximate surface area is 189 Å². The first kappa shape index (κ1) is 22.0. The highest BCUT2D eigenvalue weighted by Gasteiger charge is 2.58. The molecule has 1 saturated carbocycles. The number of anilines is 1. The van der Waals surface area contributed by atoms with Crippen molar-refractivity contribution in [2.75, 3.05) is 4.90 Å². The number of halogens is 1. The number of fused-ring (bicyclic) bond motifs is 1. The number of benzene rings is 2. The standard InChI is InChI=1S/C26H30ClNO3/c1-4-25(2,3)18-11-14-23(29)21(15-18)26(31)20-7-5-6-8-22(20)28(24(26)30)16-17-9-12-19(27)13-10-17/h5-10,12-13,18,21,31H,4,11,14-16H2,1-3H3/t18-,21+,26-/m1/s1. The van der Waals surface area contributed by atoms with E-state index < -0.39 is 17.4 Å². The van der Waals surface area contributed by atoms with Crippen molar-refractivity contribution in [3.05, 3.63) is 64.7 Å². The number of hydrogen-bond acceptors (Lipinski definition) is 3. The monoisotopic (exact) mass is 439 g/mol. The van der Waals surface area contributed by atoms with E-state index >= 15 is 0 Å². The summed E-state index contributed by atoms with van der Waals surface area (Å²) in [6.45, 7) is 6.90. The Hall–Kier alpha value is -2.17. The van der Waals surface area contributed by atoms with Gasteiger partial charge < -0.3 is 10.0 Å². The highest BCUT2D eigenvalue weighted by atomic mass is 35.5. The molecule has 0 spiro atoms. The second-order valence-electron chi connectivity index (χ2n) is 9.63. The Morgan fingerprint density at radius 3 is 2.48 bits per heavy atom. The Kier molecular flexibility index (Phi) is 5.74. The van der Waals surface area contributed by atoms with Gasteiger partial charge >= 0.3 is 0 Å². The van der Waals surface area contributed by atoms with Gasteiger partial charge in [-0.15, -0.1) is 0 Å². The van der Waals surface area contributed by atoms with E-state index in [0.29, 0.717) is 35.7 Å². The predicted octanol–water partition coefficient (Wildman–Crippen LogP) is 5.50. The third kappa shape index (κ3) is 3.70. The molecule has 5 heteroatoms. The lowest BCUT2D eigenvalue weighted by Crippen LogP contribution is -2.51. The maximum atomic E-state index is 13.7. The summed E-state index contributed by atoms with van der Waals surface area (Å²) >= 11 is 6.01. The van der Waals surface area contributed by atoms with Gasteiger partial charge in [0.25, 0.3) is 5.91 Å². The molecule has 1 N–H and O–H groups in total. The molecule has 2 aromatic rings. The molecule has 0 unspecified atom stereocenters. The van der Waals surface area contributed by atoms with E-state index in [-0.39, 0.29) is 17.1 Å². The topological polar surface area (TPSA) is 57.6 Å². The van der Waals surface area contributed by atoms with Crippen LogP contribution >= 0.6 is 11.6 Å². The fraction of sp³-hybridized carbons (Fsp3) is 0.462. The van der Waals surface area contributed by atoms with Crippen LogP contribution in [0.4, 0.5) is 5.69 Å². The number of rotatable bonds is 5. The molecule has 3 atom stereocenters. The van der Waals surface area contributed by atoms with Crippen molar-refractivity contribution in [3.8, 4) is 0 Å². The van der Waals surface area contributed by atoms with Gasteiger partial charge in [0.15, 0.2) is 5.60 Å². The molecule has 31 heavy (non-hydrogen) atoms. The average Bonchev–Trinajstić information content (AvgIpc) is 2.98. The summed E-state index contributed by atoms with van der Waals surface area (Å²) in [7, 11) is 0. The van der Waals surface area contributed by atoms with Crippen LogP contribution in [0.3, 0.4) is 0 Å². The van der Waals surface area contributed by atoms with Crippen LogP contribution < -0.4 is 4.90 Å². The summed E-state index contributed by atoms with van der Waals surface area (Å²) in [5, 5.41) is 12.6. The van der Waals surface area contributed by atoms with Crippen LogP contribution in [-0.2, 0) is 21.7 Å². The summed E-state index contributed by atoms with van der Waals surface area (Å²) in [6.07, 6.45) is 2.75. The third-order valence-electron chi connectivity index (χ3n) is 7.60. The molecule has 2 aromatic carbocycles. The average molecular weight is 440 g/mol. The zero-order chi connectivity index (χ0) is 22.4. The third-order valence-corrected chi connectivity index (χ3v) is 7.85. The maximum Gasteiger partial charge on any atom is 0.264 e. The molecule has 4 rings (SSSR count). The number of amides is 1. The minimum Gasteiger partial charge on any atom is -0.375 e. The lowest BCUT2D eigenvalue weighted by Gasteiger charge is -2.42. The number of aliphatic hydroxyl groups is 1. The van der Waals surface area contributed by atoms with Gasteiger partial charge in [-0.05, 0) is 47.9 Å². The number of para-hydroxylation sites is 1. The molecule has 0 aromatic heterocycles. The quantitative estimate of drug-likeness (QED) is 0.669. The Morgan fingerprint density at radius 2 is 1.81 bits per heavy atom. The molecule has 1 aliphatic carbocycles. The van der Waals surface area contributed by atoms with Crippen molar-refractivity contribution >= 4 is 29.0 Å². The van der Waals surface area contributed by atoms with Crippen LogP contribution in [0.15, 0.2) is 48.5 Å². The smallest absolute Gasteiger partial charge is 0.264 e. The van der Waals surface area contributed by atoms with E-state index in [9.17, 15) is 14.7 Å². The maximum absolute atomic E-state index is 13.7. The van der Waals surface area contributed by atoms with Gasteiger partial charge in [0.05, 0.1) is 18.2 Å². The van der Waals surface area contributed by atoms with Crippen molar-refractivity contribution < 1.29 is 14.7 Å². The fourth-order valence-corrected chi connectivity index (χ4v) is 5.28. The molecule has 164 valence electrons. The predicted molar refractivity (Wildman–Crippen MR) is 123 cm³/mol. The highest BCUT2D eigenvalue weighted by Crippen LogP contribution is 2.51. The SMILES string of the molecule is CCC(C)(C)[C@@H]1CCC(=O)[C@@H]([C@@]2(O)C(=O)N(Cc3ccc(Cl)cc3)c3ccccc32)C1. The van der Waals surface area contributed by atoms with Crippen LogP contribution in [-0.4, -0.2) is 16.8 Å². The van der Waals surface area contributed by atoms with E-state index in [4.69, 9.17) is 11.6 Å². The van der Waals surface area contributed by atoms with Crippen molar-refractivity contribution in [1.29, 1.82) is 0 Å². The molecule has 0 saturated heterocycles. The minimum absolute atomic E-state index is 0.0119. The van der Waals surface area contributed by atoms with E-state index in [2.05, 4.69) is 20.8 Å². The molecule has 0 radical (unpaired) electrons. The first-order chi connectivity index (χ1) is 14.7. The van der Waals surface area contributed by atoms with E-state index in [0.717, 1.165) is 18.4 Å².